The number of aryl methyl sites for hydroxylation is 1. The van der Waals surface area contributed by atoms with E-state index < -0.39 is 18.0 Å². The van der Waals surface area contributed by atoms with Gasteiger partial charge in [-0.05, 0) is 73.5 Å². The summed E-state index contributed by atoms with van der Waals surface area (Å²) in [6.45, 7) is 3.77. The molecule has 0 saturated carbocycles. The molecule has 1 unspecified atom stereocenters. The fraction of sp³-hybridized carbons (Fsp3) is 0.138. The van der Waals surface area contributed by atoms with E-state index in [1.807, 2.05) is 25.1 Å². The van der Waals surface area contributed by atoms with Crippen molar-refractivity contribution in [3.8, 4) is 22.9 Å². The summed E-state index contributed by atoms with van der Waals surface area (Å²) >= 11 is 1.37. The van der Waals surface area contributed by atoms with Gasteiger partial charge >= 0.3 is 5.97 Å². The van der Waals surface area contributed by atoms with Gasteiger partial charge < -0.3 is 13.6 Å². The second-order valence-electron chi connectivity index (χ2n) is 8.86. The molecule has 6 aromatic rings. The summed E-state index contributed by atoms with van der Waals surface area (Å²) in [7, 11) is 0. The Morgan fingerprint density at radius 2 is 1.59 bits per heavy atom. The van der Waals surface area contributed by atoms with Crippen molar-refractivity contribution in [2.45, 2.75) is 26.4 Å². The highest BCUT2D eigenvalue weighted by Crippen LogP contribution is 2.32. The van der Waals surface area contributed by atoms with Crippen molar-refractivity contribution >= 4 is 49.6 Å². The van der Waals surface area contributed by atoms with Crippen LogP contribution in [0.2, 0.25) is 0 Å². The van der Waals surface area contributed by atoms with Crippen molar-refractivity contribution in [1.82, 2.24) is 15.0 Å². The van der Waals surface area contributed by atoms with Crippen LogP contribution in [0.1, 0.15) is 29.3 Å². The molecule has 1 N–H and O–H groups in total. The van der Waals surface area contributed by atoms with Crippen LogP contribution in [0.5, 0.6) is 0 Å². The normalized spacial score (nSPS) is 12.1. The lowest BCUT2D eigenvalue weighted by Crippen LogP contribution is -2.32. The second kappa shape index (κ2) is 10.1. The maximum absolute atomic E-state index is 13.1. The zero-order chi connectivity index (χ0) is 26.9. The van der Waals surface area contributed by atoms with Crippen molar-refractivity contribution in [1.29, 1.82) is 0 Å². The highest BCUT2D eigenvalue weighted by atomic mass is 32.1. The Morgan fingerprint density at radius 3 is 2.26 bits per heavy atom. The number of hydrogen-bond acceptors (Lipinski definition) is 9. The van der Waals surface area contributed by atoms with E-state index in [-0.39, 0.29) is 5.56 Å². The number of anilines is 1. The lowest BCUT2D eigenvalue weighted by atomic mass is 10.1. The second-order valence-corrected chi connectivity index (χ2v) is 9.89. The summed E-state index contributed by atoms with van der Waals surface area (Å²) in [4.78, 5) is 39.9. The Morgan fingerprint density at radius 1 is 0.897 bits per heavy atom. The van der Waals surface area contributed by atoms with Crippen LogP contribution >= 0.6 is 11.3 Å². The maximum Gasteiger partial charge on any atom is 0.338 e. The number of esters is 1. The number of aromatic nitrogens is 3. The van der Waals surface area contributed by atoms with Crippen molar-refractivity contribution in [2.75, 3.05) is 5.32 Å². The van der Waals surface area contributed by atoms with Gasteiger partial charge in [0.15, 0.2) is 22.8 Å². The van der Waals surface area contributed by atoms with E-state index in [4.69, 9.17) is 23.5 Å². The number of nitrogens with one attached hydrogen (secondary N) is 1. The predicted molar refractivity (Wildman–Crippen MR) is 147 cm³/mol. The van der Waals surface area contributed by atoms with E-state index in [9.17, 15) is 9.59 Å². The van der Waals surface area contributed by atoms with Crippen LogP contribution in [0, 0.1) is 6.92 Å². The van der Waals surface area contributed by atoms with Crippen LogP contribution in [-0.4, -0.2) is 32.9 Å². The Bertz CT molecular complexity index is 1810. The van der Waals surface area contributed by atoms with Gasteiger partial charge in [-0.3, -0.25) is 10.1 Å². The SMILES string of the molecule is CCC(OC(=O)c1ccc2nc(-c3ccco3)c(-c3ccco3)nc2c1)C(=O)Nc1nc2ccc(C)cc2s1. The molecule has 4 aromatic heterocycles. The molecule has 9 nitrogen and oxygen atoms in total. The van der Waals surface area contributed by atoms with E-state index in [2.05, 4.69) is 10.3 Å². The van der Waals surface area contributed by atoms with Crippen molar-refractivity contribution in [3.05, 3.63) is 84.3 Å². The van der Waals surface area contributed by atoms with Crippen LogP contribution in [0.15, 0.2) is 82.0 Å². The number of amides is 1. The van der Waals surface area contributed by atoms with Gasteiger partial charge in [0, 0.05) is 0 Å². The molecule has 0 aliphatic heterocycles. The largest absolute Gasteiger partial charge is 0.463 e. The van der Waals surface area contributed by atoms with Crippen molar-refractivity contribution < 1.29 is 23.2 Å². The number of ether oxygens (including phenoxy) is 1. The van der Waals surface area contributed by atoms with Crippen molar-refractivity contribution in [2.24, 2.45) is 0 Å². The third kappa shape index (κ3) is 4.89. The van der Waals surface area contributed by atoms with E-state index >= 15 is 0 Å². The molecule has 0 aliphatic rings. The Kier molecular flexibility index (Phi) is 6.37. The highest BCUT2D eigenvalue weighted by molar-refractivity contribution is 7.22. The average molecular weight is 539 g/mol. The number of rotatable bonds is 7. The van der Waals surface area contributed by atoms with Crippen LogP contribution in [0.4, 0.5) is 5.13 Å². The molecule has 0 fully saturated rings. The summed E-state index contributed by atoms with van der Waals surface area (Å²) in [5.74, 6) is -0.0310. The summed E-state index contributed by atoms with van der Waals surface area (Å²) in [6.07, 6.45) is 2.41. The minimum Gasteiger partial charge on any atom is -0.463 e. The quantitative estimate of drug-likeness (QED) is 0.225. The van der Waals surface area contributed by atoms with E-state index in [0.717, 1.165) is 15.8 Å². The standard InChI is InChI=1S/C29H22N4O5S/c1-3-21(27(34)33-29-32-19-10-8-16(2)14-24(19)39-29)38-28(35)17-9-11-18-20(15-17)31-26(23-7-5-13-37-23)25(30-18)22-6-4-12-36-22/h4-15,21H,3H2,1-2H3,(H,32,33,34). The zero-order valence-corrected chi connectivity index (χ0v) is 21.8. The van der Waals surface area contributed by atoms with Crippen LogP contribution in [-0.2, 0) is 9.53 Å². The smallest absolute Gasteiger partial charge is 0.338 e. The van der Waals surface area contributed by atoms with Crippen LogP contribution in [0.25, 0.3) is 44.2 Å². The Labute approximate surface area is 226 Å². The minimum atomic E-state index is -0.993. The van der Waals surface area contributed by atoms with Gasteiger partial charge in [0.1, 0.15) is 11.4 Å². The van der Waals surface area contributed by atoms with Crippen LogP contribution in [0.3, 0.4) is 0 Å². The molecule has 1 amide bonds. The minimum absolute atomic E-state index is 0.245. The molecule has 4 heterocycles. The molecular weight excluding hydrogens is 516 g/mol. The predicted octanol–water partition coefficient (Wildman–Crippen LogP) is 6.64. The number of furan rings is 2. The molecule has 10 heteroatoms. The first kappa shape index (κ1) is 24.5. The zero-order valence-electron chi connectivity index (χ0n) is 21.0. The number of carbonyl (C=O) groups is 2. The van der Waals surface area contributed by atoms with Crippen molar-refractivity contribution in [3.63, 3.8) is 0 Å². The first-order chi connectivity index (χ1) is 19.0. The molecule has 1 atom stereocenters. The van der Waals surface area contributed by atoms with Crippen LogP contribution < -0.4 is 5.32 Å². The average Bonchev–Trinajstić information content (AvgIpc) is 3.72. The molecule has 0 spiro atoms. The first-order valence-corrected chi connectivity index (χ1v) is 13.1. The molecule has 2 aromatic carbocycles. The highest BCUT2D eigenvalue weighted by Gasteiger charge is 2.24. The number of fused-ring (bicyclic) bond motifs is 2. The van der Waals surface area contributed by atoms with Gasteiger partial charge in [-0.25, -0.2) is 19.7 Å². The van der Waals surface area contributed by atoms with Gasteiger partial charge in [0.25, 0.3) is 5.91 Å². The van der Waals surface area contributed by atoms with E-state index in [0.29, 0.717) is 45.5 Å². The van der Waals surface area contributed by atoms with Gasteiger partial charge in [-0.1, -0.05) is 24.3 Å². The molecule has 0 aliphatic carbocycles. The topological polar surface area (TPSA) is 120 Å². The van der Waals surface area contributed by atoms with Gasteiger partial charge in [0.05, 0.1) is 39.3 Å². The molecule has 0 bridgehead atoms. The van der Waals surface area contributed by atoms with Gasteiger partial charge in [0.2, 0.25) is 0 Å². The Balaban J connectivity index is 1.24. The number of nitrogens with zero attached hydrogens (tertiary/aromatic N) is 3. The number of carbonyl (C=O) groups excluding carboxylic acids is 2. The Hall–Kier alpha value is -4.83. The molecule has 0 radical (unpaired) electrons. The van der Waals surface area contributed by atoms with Gasteiger partial charge in [-0.2, -0.15) is 0 Å². The number of hydrogen-bond donors (Lipinski definition) is 1. The van der Waals surface area contributed by atoms with E-state index in [1.54, 1.807) is 61.9 Å². The fourth-order valence-corrected chi connectivity index (χ4v) is 5.11. The molecule has 194 valence electrons. The summed E-state index contributed by atoms with van der Waals surface area (Å²) < 4.78 is 17.7. The molecule has 6 rings (SSSR count). The summed E-state index contributed by atoms with van der Waals surface area (Å²) in [5, 5.41) is 3.23. The van der Waals surface area contributed by atoms with Gasteiger partial charge in [-0.15, -0.1) is 0 Å². The summed E-state index contributed by atoms with van der Waals surface area (Å²) in [6, 6.07) is 17.8. The van der Waals surface area contributed by atoms with E-state index in [1.165, 1.54) is 11.3 Å². The third-order valence-electron chi connectivity index (χ3n) is 6.10. The fourth-order valence-electron chi connectivity index (χ4n) is 4.14. The lowest BCUT2D eigenvalue weighted by Gasteiger charge is -2.15. The molecule has 0 saturated heterocycles. The first-order valence-electron chi connectivity index (χ1n) is 12.3. The number of thiazole rings is 1. The lowest BCUT2D eigenvalue weighted by molar-refractivity contribution is -0.124. The summed E-state index contributed by atoms with van der Waals surface area (Å²) in [5.41, 5.74) is 4.17. The molecular formula is C29H22N4O5S. The number of benzene rings is 2. The molecule has 39 heavy (non-hydrogen) atoms. The third-order valence-corrected chi connectivity index (χ3v) is 7.03. The monoisotopic (exact) mass is 538 g/mol. The maximum atomic E-state index is 13.1.